The van der Waals surface area contributed by atoms with Crippen LogP contribution in [0.4, 0.5) is 25.1 Å². The molecule has 1 fully saturated rings. The summed E-state index contributed by atoms with van der Waals surface area (Å²) in [6, 6.07) is 10.5. The van der Waals surface area contributed by atoms with Gasteiger partial charge in [0.2, 0.25) is 11.9 Å². The summed E-state index contributed by atoms with van der Waals surface area (Å²) in [5.74, 6) is 0.604. The molecule has 0 radical (unpaired) electrons. The molecule has 0 aliphatic carbocycles. The SMILES string of the molecule is FC(F)(F)c1ccnc(N2CCc3c([nH]c4ccc(-n5cccc5)cc34)C2c2cnc(N3CCOCC3)nc2)n1. The minimum absolute atomic E-state index is 0.00872. The monoisotopic (exact) mass is 546 g/mol. The molecule has 1 aromatic carbocycles. The number of alkyl halides is 3. The number of rotatable bonds is 4. The Kier molecular flexibility index (Phi) is 5.92. The van der Waals surface area contributed by atoms with E-state index < -0.39 is 17.9 Å². The number of ether oxygens (including phenoxy) is 1. The molecule has 1 unspecified atom stereocenters. The number of aromatic nitrogens is 6. The van der Waals surface area contributed by atoms with Gasteiger partial charge in [-0.05, 0) is 48.4 Å². The van der Waals surface area contributed by atoms with Crippen LogP contribution in [0.15, 0.2) is 67.4 Å². The second-order valence-electron chi connectivity index (χ2n) is 9.84. The number of H-pyrrole nitrogens is 1. The van der Waals surface area contributed by atoms with Crippen molar-refractivity contribution in [1.82, 2.24) is 29.5 Å². The normalized spacial score (nSPS) is 17.8. The van der Waals surface area contributed by atoms with Gasteiger partial charge in [-0.2, -0.15) is 13.2 Å². The molecule has 1 atom stereocenters. The molecule has 9 nitrogen and oxygen atoms in total. The van der Waals surface area contributed by atoms with Crippen molar-refractivity contribution in [2.45, 2.75) is 18.6 Å². The van der Waals surface area contributed by atoms with Crippen molar-refractivity contribution >= 4 is 22.8 Å². The molecule has 6 heterocycles. The molecule has 1 saturated heterocycles. The fourth-order valence-electron chi connectivity index (χ4n) is 5.55. The lowest BCUT2D eigenvalue weighted by molar-refractivity contribution is -0.141. The van der Waals surface area contributed by atoms with Crippen molar-refractivity contribution < 1.29 is 17.9 Å². The zero-order valence-corrected chi connectivity index (χ0v) is 21.3. The van der Waals surface area contributed by atoms with Crippen LogP contribution in [0.3, 0.4) is 0 Å². The van der Waals surface area contributed by atoms with Crippen LogP contribution in [0.2, 0.25) is 0 Å². The van der Waals surface area contributed by atoms with Gasteiger partial charge >= 0.3 is 6.18 Å². The number of fused-ring (bicyclic) bond motifs is 3. The molecule has 0 bridgehead atoms. The summed E-state index contributed by atoms with van der Waals surface area (Å²) in [6.45, 7) is 3.03. The summed E-state index contributed by atoms with van der Waals surface area (Å²) >= 11 is 0. The quantitative estimate of drug-likeness (QED) is 0.354. The van der Waals surface area contributed by atoms with Gasteiger partial charge in [-0.25, -0.2) is 19.9 Å². The van der Waals surface area contributed by atoms with Crippen molar-refractivity contribution in [3.8, 4) is 5.69 Å². The van der Waals surface area contributed by atoms with Crippen molar-refractivity contribution in [2.75, 3.05) is 42.6 Å². The second-order valence-corrected chi connectivity index (χ2v) is 9.84. The maximum Gasteiger partial charge on any atom is 0.433 e. The Bertz CT molecular complexity index is 1640. The van der Waals surface area contributed by atoms with Crippen LogP contribution in [0.25, 0.3) is 16.6 Å². The average Bonchev–Trinajstić information content (AvgIpc) is 3.65. The molecular weight excluding hydrogens is 521 g/mol. The van der Waals surface area contributed by atoms with E-state index in [1.807, 2.05) is 41.2 Å². The Morgan fingerprint density at radius 3 is 2.45 bits per heavy atom. The molecule has 0 spiro atoms. The zero-order valence-electron chi connectivity index (χ0n) is 21.3. The van der Waals surface area contributed by atoms with Gasteiger partial charge in [0.1, 0.15) is 11.7 Å². The van der Waals surface area contributed by atoms with Crippen molar-refractivity contribution in [2.24, 2.45) is 0 Å². The number of anilines is 2. The minimum atomic E-state index is -4.58. The highest BCUT2D eigenvalue weighted by Crippen LogP contribution is 2.40. The van der Waals surface area contributed by atoms with E-state index in [-0.39, 0.29) is 5.95 Å². The lowest BCUT2D eigenvalue weighted by Gasteiger charge is -2.36. The predicted octanol–water partition coefficient (Wildman–Crippen LogP) is 4.55. The molecule has 1 N–H and O–H groups in total. The van der Waals surface area contributed by atoms with E-state index in [0.29, 0.717) is 45.2 Å². The van der Waals surface area contributed by atoms with Crippen LogP contribution < -0.4 is 9.80 Å². The molecule has 2 aliphatic heterocycles. The van der Waals surface area contributed by atoms with Gasteiger partial charge in [0.05, 0.1) is 13.2 Å². The summed E-state index contributed by atoms with van der Waals surface area (Å²) in [5.41, 5.74) is 3.70. The number of nitrogens with zero attached hydrogens (tertiary/aromatic N) is 7. The maximum atomic E-state index is 13.6. The number of hydrogen-bond acceptors (Lipinski definition) is 7. The summed E-state index contributed by atoms with van der Waals surface area (Å²) in [7, 11) is 0. The Labute approximate surface area is 227 Å². The number of morpholine rings is 1. The van der Waals surface area contributed by atoms with E-state index in [1.54, 1.807) is 17.3 Å². The van der Waals surface area contributed by atoms with Crippen molar-refractivity contribution in [3.05, 3.63) is 89.9 Å². The standard InChI is InChI=1S/C28H25F3N8O/c29-28(30,31)23-5-7-32-27(36-23)39-10-6-20-21-15-19(37-8-1-2-9-37)3-4-22(21)35-24(20)25(39)18-16-33-26(34-17-18)38-11-13-40-14-12-38/h1-5,7-9,15-17,25,35H,6,10-14H2. The molecule has 5 aromatic rings. The number of halogens is 3. The first-order chi connectivity index (χ1) is 19.5. The summed E-state index contributed by atoms with van der Waals surface area (Å²) < 4.78 is 48.2. The maximum absolute atomic E-state index is 13.6. The third-order valence-electron chi connectivity index (χ3n) is 7.47. The van der Waals surface area contributed by atoms with E-state index in [9.17, 15) is 13.2 Å². The predicted molar refractivity (Wildman–Crippen MR) is 143 cm³/mol. The zero-order chi connectivity index (χ0) is 27.3. The molecule has 0 amide bonds. The lowest BCUT2D eigenvalue weighted by atomic mass is 9.94. The smallest absolute Gasteiger partial charge is 0.378 e. The third kappa shape index (κ3) is 4.34. The minimum Gasteiger partial charge on any atom is -0.378 e. The first kappa shape index (κ1) is 24.6. The second kappa shape index (κ2) is 9.63. The molecule has 2 aliphatic rings. The molecule has 7 rings (SSSR count). The van der Waals surface area contributed by atoms with Gasteiger partial charge in [0.15, 0.2) is 0 Å². The largest absolute Gasteiger partial charge is 0.433 e. The highest BCUT2D eigenvalue weighted by atomic mass is 19.4. The summed E-state index contributed by atoms with van der Waals surface area (Å²) in [4.78, 5) is 24.8. The highest BCUT2D eigenvalue weighted by molar-refractivity contribution is 5.87. The van der Waals surface area contributed by atoms with Gasteiger partial charge in [-0.1, -0.05) is 0 Å². The third-order valence-corrected chi connectivity index (χ3v) is 7.47. The van der Waals surface area contributed by atoms with E-state index in [4.69, 9.17) is 4.74 Å². The van der Waals surface area contributed by atoms with Crippen LogP contribution >= 0.6 is 0 Å². The van der Waals surface area contributed by atoms with Crippen LogP contribution in [0.5, 0.6) is 0 Å². The lowest BCUT2D eigenvalue weighted by Crippen LogP contribution is -2.38. The molecule has 40 heavy (non-hydrogen) atoms. The van der Waals surface area contributed by atoms with Gasteiger partial charge in [0, 0.05) is 78.5 Å². The van der Waals surface area contributed by atoms with Crippen LogP contribution in [-0.2, 0) is 17.3 Å². The first-order valence-corrected chi connectivity index (χ1v) is 13.0. The Morgan fingerprint density at radius 1 is 0.925 bits per heavy atom. The van der Waals surface area contributed by atoms with Crippen molar-refractivity contribution in [3.63, 3.8) is 0 Å². The van der Waals surface area contributed by atoms with Crippen molar-refractivity contribution in [1.29, 1.82) is 0 Å². The molecule has 12 heteroatoms. The van der Waals surface area contributed by atoms with Crippen LogP contribution in [-0.4, -0.2) is 62.3 Å². The molecule has 0 saturated carbocycles. The van der Waals surface area contributed by atoms with E-state index in [1.165, 1.54) is 0 Å². The van der Waals surface area contributed by atoms with E-state index in [2.05, 4.69) is 35.9 Å². The molecule has 4 aromatic heterocycles. The molecular formula is C28H25F3N8O. The fourth-order valence-corrected chi connectivity index (χ4v) is 5.55. The number of benzene rings is 1. The topological polar surface area (TPSA) is 88.0 Å². The van der Waals surface area contributed by atoms with E-state index in [0.717, 1.165) is 45.7 Å². The Morgan fingerprint density at radius 2 is 1.70 bits per heavy atom. The number of nitrogens with one attached hydrogen (secondary N) is 1. The number of aromatic amines is 1. The van der Waals surface area contributed by atoms with Crippen LogP contribution in [0.1, 0.15) is 28.6 Å². The van der Waals surface area contributed by atoms with E-state index >= 15 is 0 Å². The summed E-state index contributed by atoms with van der Waals surface area (Å²) in [6.07, 6.45) is 4.65. The van der Waals surface area contributed by atoms with Crippen LogP contribution in [0, 0.1) is 0 Å². The van der Waals surface area contributed by atoms with Gasteiger partial charge in [0.25, 0.3) is 0 Å². The average molecular weight is 547 g/mol. The Hall–Kier alpha value is -4.45. The number of hydrogen-bond donors (Lipinski definition) is 1. The highest BCUT2D eigenvalue weighted by Gasteiger charge is 2.37. The first-order valence-electron chi connectivity index (χ1n) is 13.0. The molecule has 204 valence electrons. The summed E-state index contributed by atoms with van der Waals surface area (Å²) in [5, 5.41) is 1.07. The van der Waals surface area contributed by atoms with Gasteiger partial charge < -0.3 is 24.1 Å². The Balaban J connectivity index is 1.34. The fraction of sp³-hybridized carbons (Fsp3) is 0.286. The van der Waals surface area contributed by atoms with Gasteiger partial charge in [-0.15, -0.1) is 0 Å². The van der Waals surface area contributed by atoms with Gasteiger partial charge in [-0.3, -0.25) is 0 Å².